The van der Waals surface area contributed by atoms with Gasteiger partial charge in [-0.15, -0.1) is 5.10 Å². The van der Waals surface area contributed by atoms with Gasteiger partial charge in [0.2, 0.25) is 0 Å². The second kappa shape index (κ2) is 9.05. The number of nitrogen functional groups attached to an aromatic ring is 1. The molecule has 1 heterocycles. The first-order valence-electron chi connectivity index (χ1n) is 9.46. The Morgan fingerprint density at radius 2 is 1.97 bits per heavy atom. The van der Waals surface area contributed by atoms with E-state index in [0.717, 1.165) is 10.8 Å². The molecule has 3 aromatic carbocycles. The van der Waals surface area contributed by atoms with Gasteiger partial charge in [-0.25, -0.2) is 0 Å². The fourth-order valence-corrected chi connectivity index (χ4v) is 3.53. The van der Waals surface area contributed by atoms with Gasteiger partial charge in [0.25, 0.3) is 12.4 Å². The van der Waals surface area contributed by atoms with Crippen LogP contribution < -0.4 is 16.5 Å². The molecule has 8 nitrogen and oxygen atoms in total. The number of carbonyl (C=O) groups excluding carboxylic acids is 2. The van der Waals surface area contributed by atoms with Crippen molar-refractivity contribution in [2.45, 2.75) is 0 Å². The van der Waals surface area contributed by atoms with E-state index in [1.807, 2.05) is 6.07 Å². The van der Waals surface area contributed by atoms with E-state index in [4.69, 9.17) is 17.3 Å². The minimum Gasteiger partial charge on any atom is -0.508 e. The normalized spacial score (nSPS) is 10.6. The maximum atomic E-state index is 12.8. The summed E-state index contributed by atoms with van der Waals surface area (Å²) in [6.45, 7) is 0.162. The summed E-state index contributed by atoms with van der Waals surface area (Å²) in [5.74, 6) is -0.102. The number of nitrogens with one attached hydrogen (secondary N) is 1. The molecular weight excluding hydrogens is 431 g/mol. The van der Waals surface area contributed by atoms with Crippen LogP contribution in [-0.2, 0) is 9.45 Å². The lowest BCUT2D eigenvalue weighted by atomic mass is 9.78. The van der Waals surface area contributed by atoms with Crippen LogP contribution in [0.3, 0.4) is 0 Å². The topological polar surface area (TPSA) is 127 Å². The number of fused-ring (bicyclic) bond motifs is 1. The number of rotatable bonds is 6. The Morgan fingerprint density at radius 3 is 2.75 bits per heavy atom. The third-order valence-electron chi connectivity index (χ3n) is 4.88. The summed E-state index contributed by atoms with van der Waals surface area (Å²) in [5, 5.41) is 22.5. The summed E-state index contributed by atoms with van der Waals surface area (Å²) in [7, 11) is -1.46. The molecule has 0 atom stereocenters. The van der Waals surface area contributed by atoms with Gasteiger partial charge in [-0.05, 0) is 41.4 Å². The number of benzene rings is 3. The van der Waals surface area contributed by atoms with Crippen LogP contribution in [-0.4, -0.2) is 34.7 Å². The molecule has 0 unspecified atom stereocenters. The SMILES string of the molecule is Nc1nncc2cc(-c3cc(B(O)OC=O)ccc3NC(=O)c3ccccc3Cl)ccc12. The fraction of sp³-hybridized carbons (Fsp3) is 0. The van der Waals surface area contributed by atoms with Crippen LogP contribution in [0, 0.1) is 0 Å². The first-order valence-corrected chi connectivity index (χ1v) is 9.84. The maximum Gasteiger partial charge on any atom is 0.561 e. The second-order valence-corrected chi connectivity index (χ2v) is 7.26. The van der Waals surface area contributed by atoms with Crippen molar-refractivity contribution >= 4 is 58.8 Å². The van der Waals surface area contributed by atoms with Crippen molar-refractivity contribution in [2.75, 3.05) is 11.1 Å². The molecule has 0 saturated heterocycles. The standard InChI is InChI=1S/C22H16BClN4O4/c24-19-4-2-1-3-17(19)22(30)27-20-8-6-15(23(31)32-12-29)10-18(20)13-5-7-16-14(9-13)11-26-28-21(16)25/h1-12,31H,(H2,25,28)(H,27,30). The molecular formula is C22H16BClN4O4. The fourth-order valence-electron chi connectivity index (χ4n) is 3.31. The molecule has 4 aromatic rings. The van der Waals surface area contributed by atoms with Crippen molar-refractivity contribution < 1.29 is 19.3 Å². The van der Waals surface area contributed by atoms with E-state index in [-0.39, 0.29) is 6.47 Å². The molecule has 1 amide bonds. The second-order valence-electron chi connectivity index (χ2n) is 6.86. The third kappa shape index (κ3) is 4.25. The molecule has 0 aliphatic heterocycles. The van der Waals surface area contributed by atoms with Gasteiger partial charge in [0.05, 0.1) is 16.8 Å². The maximum absolute atomic E-state index is 12.8. The lowest BCUT2D eigenvalue weighted by Gasteiger charge is -2.15. The van der Waals surface area contributed by atoms with Crippen LogP contribution in [0.2, 0.25) is 5.02 Å². The Kier molecular flexibility index (Phi) is 6.02. The molecule has 0 radical (unpaired) electrons. The van der Waals surface area contributed by atoms with Crippen molar-refractivity contribution in [1.82, 2.24) is 10.2 Å². The van der Waals surface area contributed by atoms with Crippen molar-refractivity contribution in [1.29, 1.82) is 0 Å². The lowest BCUT2D eigenvalue weighted by molar-refractivity contribution is -0.121. The third-order valence-corrected chi connectivity index (χ3v) is 5.21. The minimum absolute atomic E-state index is 0.162. The molecule has 10 heteroatoms. The smallest absolute Gasteiger partial charge is 0.508 e. The number of nitrogens with zero attached hydrogens (tertiary/aromatic N) is 2. The summed E-state index contributed by atoms with van der Waals surface area (Å²) in [4.78, 5) is 23.5. The number of halogens is 1. The van der Waals surface area contributed by atoms with Gasteiger partial charge < -0.3 is 20.7 Å². The number of nitrogens with two attached hydrogens (primary N) is 1. The highest BCUT2D eigenvalue weighted by Gasteiger charge is 2.21. The first-order chi connectivity index (χ1) is 15.5. The van der Waals surface area contributed by atoms with Crippen LogP contribution in [0.25, 0.3) is 21.9 Å². The molecule has 32 heavy (non-hydrogen) atoms. The summed E-state index contributed by atoms with van der Waals surface area (Å²) in [5.41, 5.74) is 8.28. The van der Waals surface area contributed by atoms with Crippen molar-refractivity contribution in [3.8, 4) is 11.1 Å². The summed E-state index contributed by atoms with van der Waals surface area (Å²) < 4.78 is 4.65. The number of aromatic nitrogens is 2. The lowest BCUT2D eigenvalue weighted by Crippen LogP contribution is -2.33. The summed E-state index contributed by atoms with van der Waals surface area (Å²) in [6.07, 6.45) is 1.57. The van der Waals surface area contributed by atoms with E-state index >= 15 is 0 Å². The molecule has 0 aliphatic carbocycles. The van der Waals surface area contributed by atoms with Gasteiger partial charge in [-0.3, -0.25) is 9.59 Å². The van der Waals surface area contributed by atoms with E-state index in [9.17, 15) is 14.6 Å². The number of amides is 1. The van der Waals surface area contributed by atoms with Crippen LogP contribution in [0.15, 0.2) is 66.9 Å². The van der Waals surface area contributed by atoms with Crippen LogP contribution in [0.4, 0.5) is 11.5 Å². The van der Waals surface area contributed by atoms with Gasteiger partial charge >= 0.3 is 7.12 Å². The van der Waals surface area contributed by atoms with Gasteiger partial charge in [0.1, 0.15) is 0 Å². The summed E-state index contributed by atoms with van der Waals surface area (Å²) >= 11 is 6.16. The van der Waals surface area contributed by atoms with Gasteiger partial charge in [0.15, 0.2) is 5.82 Å². The van der Waals surface area contributed by atoms with E-state index in [0.29, 0.717) is 38.7 Å². The minimum atomic E-state index is -1.46. The zero-order chi connectivity index (χ0) is 22.7. The molecule has 0 spiro atoms. The zero-order valence-electron chi connectivity index (χ0n) is 16.5. The molecule has 158 valence electrons. The van der Waals surface area contributed by atoms with E-state index in [1.165, 1.54) is 0 Å². The predicted octanol–water partition coefficient (Wildman–Crippen LogP) is 2.65. The average Bonchev–Trinajstić information content (AvgIpc) is 2.79. The van der Waals surface area contributed by atoms with Crippen LogP contribution >= 0.6 is 11.6 Å². The zero-order valence-corrected chi connectivity index (χ0v) is 17.3. The Balaban J connectivity index is 1.81. The monoisotopic (exact) mass is 446 g/mol. The van der Waals surface area contributed by atoms with Crippen LogP contribution in [0.1, 0.15) is 10.4 Å². The molecule has 0 aliphatic rings. The predicted molar refractivity (Wildman–Crippen MR) is 124 cm³/mol. The highest BCUT2D eigenvalue weighted by atomic mass is 35.5. The van der Waals surface area contributed by atoms with Crippen molar-refractivity contribution in [2.24, 2.45) is 0 Å². The molecule has 1 aromatic heterocycles. The Labute approximate surface area is 188 Å². The average molecular weight is 447 g/mol. The van der Waals surface area contributed by atoms with Gasteiger partial charge in [-0.2, -0.15) is 5.10 Å². The Hall–Kier alpha value is -3.95. The van der Waals surface area contributed by atoms with E-state index in [1.54, 1.807) is 60.8 Å². The quantitative estimate of drug-likeness (QED) is 0.307. The highest BCUT2D eigenvalue weighted by Crippen LogP contribution is 2.31. The molecule has 4 N–H and O–H groups in total. The van der Waals surface area contributed by atoms with Gasteiger partial charge in [-0.1, -0.05) is 41.9 Å². The Morgan fingerprint density at radius 1 is 1.16 bits per heavy atom. The summed E-state index contributed by atoms with van der Waals surface area (Å²) in [6, 6.07) is 16.9. The molecule has 4 rings (SSSR count). The van der Waals surface area contributed by atoms with E-state index in [2.05, 4.69) is 20.2 Å². The first kappa shape index (κ1) is 21.3. The largest absolute Gasteiger partial charge is 0.561 e. The molecule has 0 saturated carbocycles. The van der Waals surface area contributed by atoms with Crippen molar-refractivity contribution in [3.63, 3.8) is 0 Å². The number of hydrogen-bond acceptors (Lipinski definition) is 7. The number of carbonyl (C=O) groups is 2. The Bertz CT molecular complexity index is 1330. The molecule has 0 bridgehead atoms. The van der Waals surface area contributed by atoms with Crippen molar-refractivity contribution in [3.05, 3.63) is 77.4 Å². The van der Waals surface area contributed by atoms with Crippen LogP contribution in [0.5, 0.6) is 0 Å². The van der Waals surface area contributed by atoms with E-state index < -0.39 is 13.0 Å². The van der Waals surface area contributed by atoms with Gasteiger partial charge in [0, 0.05) is 22.0 Å². The molecule has 0 fully saturated rings. The number of anilines is 2. The number of hydrogen-bond donors (Lipinski definition) is 3. The highest BCUT2D eigenvalue weighted by molar-refractivity contribution is 6.61.